The van der Waals surface area contributed by atoms with Crippen molar-refractivity contribution in [3.05, 3.63) is 35.9 Å². The lowest BCUT2D eigenvalue weighted by Crippen LogP contribution is -2.33. The van der Waals surface area contributed by atoms with Gasteiger partial charge in [0.2, 0.25) is 0 Å². The van der Waals surface area contributed by atoms with Gasteiger partial charge in [-0.05, 0) is 32.3 Å². The van der Waals surface area contributed by atoms with Crippen LogP contribution >= 0.6 is 0 Å². The van der Waals surface area contributed by atoms with E-state index in [0.29, 0.717) is 6.54 Å². The third kappa shape index (κ3) is 5.31. The van der Waals surface area contributed by atoms with Crippen LogP contribution in [-0.4, -0.2) is 30.0 Å². The van der Waals surface area contributed by atoms with Crippen LogP contribution in [0.2, 0.25) is 0 Å². The average molecular weight is 237 g/mol. The maximum atomic E-state index is 9.38. The predicted molar refractivity (Wildman–Crippen MR) is 69.8 cm³/mol. The van der Waals surface area contributed by atoms with Crippen molar-refractivity contribution in [3.8, 4) is 0 Å². The molecule has 3 nitrogen and oxygen atoms in total. The normalized spacial score (nSPS) is 16.5. The second-order valence-electron chi connectivity index (χ2n) is 4.46. The maximum Gasteiger partial charge on any atom is 0.0807 e. The van der Waals surface area contributed by atoms with E-state index in [1.165, 1.54) is 5.56 Å². The minimum atomic E-state index is -0.458. The Morgan fingerprint density at radius 1 is 1.24 bits per heavy atom. The standard InChI is InChI=1S/C14H23NO2/c1-11(16)12(2)17-14(10-15)9-8-13-6-4-3-5-7-13/h3-7,11-12,14,16H,8-10,15H2,1-2H3. The van der Waals surface area contributed by atoms with E-state index in [2.05, 4.69) is 12.1 Å². The number of rotatable bonds is 7. The first kappa shape index (κ1) is 14.2. The molecule has 1 rings (SSSR count). The highest BCUT2D eigenvalue weighted by molar-refractivity contribution is 5.14. The third-order valence-electron chi connectivity index (χ3n) is 2.95. The van der Waals surface area contributed by atoms with Crippen LogP contribution in [0.1, 0.15) is 25.8 Å². The Morgan fingerprint density at radius 3 is 2.41 bits per heavy atom. The zero-order chi connectivity index (χ0) is 12.7. The molecule has 1 aromatic carbocycles. The largest absolute Gasteiger partial charge is 0.391 e. The van der Waals surface area contributed by atoms with Crippen molar-refractivity contribution in [2.45, 2.75) is 45.0 Å². The van der Waals surface area contributed by atoms with Crippen LogP contribution in [0.3, 0.4) is 0 Å². The van der Waals surface area contributed by atoms with Gasteiger partial charge in [-0.25, -0.2) is 0 Å². The Labute approximate surface area is 104 Å². The number of aliphatic hydroxyl groups excluding tert-OH is 1. The molecule has 3 N–H and O–H groups in total. The first-order chi connectivity index (χ1) is 8.13. The minimum Gasteiger partial charge on any atom is -0.391 e. The van der Waals surface area contributed by atoms with Crippen LogP contribution in [-0.2, 0) is 11.2 Å². The lowest BCUT2D eigenvalue weighted by Gasteiger charge is -2.23. The Bertz CT molecular complexity index is 300. The van der Waals surface area contributed by atoms with Crippen LogP contribution in [0.15, 0.2) is 30.3 Å². The van der Waals surface area contributed by atoms with E-state index in [4.69, 9.17) is 10.5 Å². The number of aliphatic hydroxyl groups is 1. The van der Waals surface area contributed by atoms with Crippen molar-refractivity contribution in [2.24, 2.45) is 5.73 Å². The summed E-state index contributed by atoms with van der Waals surface area (Å²) in [7, 11) is 0. The molecule has 0 radical (unpaired) electrons. The Kier molecular flexibility index (Phi) is 6.19. The molecule has 0 heterocycles. The molecule has 0 amide bonds. The van der Waals surface area contributed by atoms with Gasteiger partial charge in [0.05, 0.1) is 18.3 Å². The summed E-state index contributed by atoms with van der Waals surface area (Å²) < 4.78 is 5.71. The van der Waals surface area contributed by atoms with Crippen LogP contribution in [0, 0.1) is 0 Å². The number of nitrogens with two attached hydrogens (primary N) is 1. The second-order valence-corrected chi connectivity index (χ2v) is 4.46. The van der Waals surface area contributed by atoms with Crippen LogP contribution < -0.4 is 5.73 Å². The number of hydrogen-bond acceptors (Lipinski definition) is 3. The van der Waals surface area contributed by atoms with Crippen molar-refractivity contribution in [1.82, 2.24) is 0 Å². The lowest BCUT2D eigenvalue weighted by molar-refractivity contribution is -0.0598. The molecule has 0 aliphatic rings. The molecule has 0 saturated heterocycles. The van der Waals surface area contributed by atoms with Crippen molar-refractivity contribution >= 4 is 0 Å². The highest BCUT2D eigenvalue weighted by atomic mass is 16.5. The van der Waals surface area contributed by atoms with Gasteiger partial charge in [0.25, 0.3) is 0 Å². The van der Waals surface area contributed by atoms with E-state index >= 15 is 0 Å². The van der Waals surface area contributed by atoms with Gasteiger partial charge in [-0.3, -0.25) is 0 Å². The summed E-state index contributed by atoms with van der Waals surface area (Å²) in [6.07, 6.45) is 1.23. The molecule has 96 valence electrons. The van der Waals surface area contributed by atoms with Gasteiger partial charge in [0.1, 0.15) is 0 Å². The van der Waals surface area contributed by atoms with E-state index in [9.17, 15) is 5.11 Å². The summed E-state index contributed by atoms with van der Waals surface area (Å²) in [5.74, 6) is 0. The Hall–Kier alpha value is -0.900. The first-order valence-electron chi connectivity index (χ1n) is 6.21. The molecule has 0 saturated carbocycles. The van der Waals surface area contributed by atoms with Crippen LogP contribution in [0.25, 0.3) is 0 Å². The molecular weight excluding hydrogens is 214 g/mol. The third-order valence-corrected chi connectivity index (χ3v) is 2.95. The molecule has 0 fully saturated rings. The number of benzene rings is 1. The second kappa shape index (κ2) is 7.43. The minimum absolute atomic E-state index is 0.0137. The fraction of sp³-hybridized carbons (Fsp3) is 0.571. The van der Waals surface area contributed by atoms with E-state index in [0.717, 1.165) is 12.8 Å². The molecule has 3 unspecified atom stereocenters. The fourth-order valence-corrected chi connectivity index (χ4v) is 1.63. The monoisotopic (exact) mass is 237 g/mol. The first-order valence-corrected chi connectivity index (χ1v) is 6.21. The van der Waals surface area contributed by atoms with Gasteiger partial charge in [0, 0.05) is 6.54 Å². The van der Waals surface area contributed by atoms with E-state index in [-0.39, 0.29) is 12.2 Å². The van der Waals surface area contributed by atoms with Gasteiger partial charge in [-0.15, -0.1) is 0 Å². The highest BCUT2D eigenvalue weighted by Gasteiger charge is 2.15. The van der Waals surface area contributed by atoms with E-state index in [1.54, 1.807) is 6.92 Å². The summed E-state index contributed by atoms with van der Waals surface area (Å²) in [6.45, 7) is 4.09. The fourth-order valence-electron chi connectivity index (χ4n) is 1.63. The zero-order valence-electron chi connectivity index (χ0n) is 10.7. The maximum absolute atomic E-state index is 9.38. The van der Waals surface area contributed by atoms with Gasteiger partial charge >= 0.3 is 0 Å². The van der Waals surface area contributed by atoms with Gasteiger partial charge < -0.3 is 15.6 Å². The molecular formula is C14H23NO2. The lowest BCUT2D eigenvalue weighted by atomic mass is 10.1. The number of aryl methyl sites for hydroxylation is 1. The van der Waals surface area contributed by atoms with Crippen molar-refractivity contribution in [2.75, 3.05) is 6.54 Å². The Balaban J connectivity index is 2.37. The molecule has 0 spiro atoms. The Morgan fingerprint density at radius 2 is 1.88 bits per heavy atom. The van der Waals surface area contributed by atoms with Gasteiger partial charge in [0.15, 0.2) is 0 Å². The van der Waals surface area contributed by atoms with Crippen molar-refractivity contribution < 1.29 is 9.84 Å². The van der Waals surface area contributed by atoms with Crippen LogP contribution in [0.4, 0.5) is 0 Å². The molecule has 0 aliphatic heterocycles. The van der Waals surface area contributed by atoms with Crippen molar-refractivity contribution in [1.29, 1.82) is 0 Å². The molecule has 0 bridgehead atoms. The van der Waals surface area contributed by atoms with Crippen LogP contribution in [0.5, 0.6) is 0 Å². The SMILES string of the molecule is CC(O)C(C)OC(CN)CCc1ccccc1. The van der Waals surface area contributed by atoms with Crippen molar-refractivity contribution in [3.63, 3.8) is 0 Å². The highest BCUT2D eigenvalue weighted by Crippen LogP contribution is 2.10. The summed E-state index contributed by atoms with van der Waals surface area (Å²) in [4.78, 5) is 0. The number of ether oxygens (including phenoxy) is 1. The summed E-state index contributed by atoms with van der Waals surface area (Å²) >= 11 is 0. The smallest absolute Gasteiger partial charge is 0.0807 e. The topological polar surface area (TPSA) is 55.5 Å². The summed E-state index contributed by atoms with van der Waals surface area (Å²) in [5, 5.41) is 9.38. The summed E-state index contributed by atoms with van der Waals surface area (Å²) in [5.41, 5.74) is 6.97. The molecule has 0 aromatic heterocycles. The quantitative estimate of drug-likeness (QED) is 0.759. The molecule has 17 heavy (non-hydrogen) atoms. The molecule has 3 heteroatoms. The van der Waals surface area contributed by atoms with Gasteiger partial charge in [-0.1, -0.05) is 30.3 Å². The predicted octanol–water partition coefficient (Wildman–Crippen LogP) is 1.73. The average Bonchev–Trinajstić information content (AvgIpc) is 2.35. The molecule has 3 atom stereocenters. The molecule has 0 aliphatic carbocycles. The van der Waals surface area contributed by atoms with E-state index in [1.807, 2.05) is 25.1 Å². The van der Waals surface area contributed by atoms with E-state index < -0.39 is 6.10 Å². The molecule has 1 aromatic rings. The van der Waals surface area contributed by atoms with Gasteiger partial charge in [-0.2, -0.15) is 0 Å². The summed E-state index contributed by atoms with van der Waals surface area (Å²) in [6, 6.07) is 10.3. The zero-order valence-corrected chi connectivity index (χ0v) is 10.7. The number of hydrogen-bond donors (Lipinski definition) is 2.